The first-order valence-electron chi connectivity index (χ1n) is 14.9. The average Bonchev–Trinajstić information content (AvgIpc) is 3.74. The zero-order chi connectivity index (χ0) is 29.0. The number of benzene rings is 6. The summed E-state index contributed by atoms with van der Waals surface area (Å²) in [6, 6.07) is 49.1. The van der Waals surface area contributed by atoms with Gasteiger partial charge in [-0.25, -0.2) is 4.98 Å². The summed E-state index contributed by atoms with van der Waals surface area (Å²) in [5.74, 6) is 0.863. The second kappa shape index (κ2) is 10.2. The smallest absolute Gasteiger partial charge is 0.196 e. The number of nitrogens with one attached hydrogen (secondary N) is 2. The van der Waals surface area contributed by atoms with E-state index in [0.717, 1.165) is 49.9 Å². The van der Waals surface area contributed by atoms with Crippen LogP contribution >= 0.6 is 11.8 Å². The maximum atomic E-state index is 6.39. The highest BCUT2D eigenvalue weighted by atomic mass is 32.2. The van der Waals surface area contributed by atoms with Crippen molar-refractivity contribution in [1.82, 2.24) is 4.98 Å². The number of thioether (sulfide) groups is 1. The molecule has 0 saturated heterocycles. The van der Waals surface area contributed by atoms with Gasteiger partial charge in [0.25, 0.3) is 0 Å². The summed E-state index contributed by atoms with van der Waals surface area (Å²) in [7, 11) is 0. The summed E-state index contributed by atoms with van der Waals surface area (Å²) in [5.41, 5.74) is 10.00. The average molecular weight is 586 g/mol. The predicted molar refractivity (Wildman–Crippen MR) is 182 cm³/mol. The zero-order valence-electron chi connectivity index (χ0n) is 23.7. The molecule has 2 aliphatic heterocycles. The van der Waals surface area contributed by atoms with E-state index in [1.165, 1.54) is 27.3 Å². The second-order valence-corrected chi connectivity index (χ2v) is 12.4. The number of hydrogen-bond acceptors (Lipinski definition) is 5. The van der Waals surface area contributed by atoms with Gasteiger partial charge < -0.3 is 15.4 Å². The largest absolute Gasteiger partial charge is 0.464 e. The van der Waals surface area contributed by atoms with Crippen LogP contribution < -0.4 is 15.4 Å². The normalized spacial score (nSPS) is 16.6. The summed E-state index contributed by atoms with van der Waals surface area (Å²) in [4.78, 5) is 6.48. The molecule has 0 bridgehead atoms. The number of pyridine rings is 1. The molecular weight excluding hydrogens is 559 g/mol. The third-order valence-electron chi connectivity index (χ3n) is 8.55. The highest BCUT2D eigenvalue weighted by Gasteiger charge is 2.27. The maximum Gasteiger partial charge on any atom is 0.196 e. The SMILES string of the molecule is c1ccc(C2Nc3c(ccc4c(-c5ccc(-c6cccc(C7Nc8ccccc8S7)c6)cc5)nc5ccccc5c34)O2)cc1. The van der Waals surface area contributed by atoms with E-state index >= 15 is 0 Å². The molecule has 7 aromatic rings. The second-order valence-electron chi connectivity index (χ2n) is 11.2. The molecule has 2 aliphatic rings. The fourth-order valence-corrected chi connectivity index (χ4v) is 7.53. The van der Waals surface area contributed by atoms with Gasteiger partial charge in [0.2, 0.25) is 0 Å². The molecule has 2 unspecified atom stereocenters. The molecule has 44 heavy (non-hydrogen) atoms. The van der Waals surface area contributed by atoms with E-state index in [9.17, 15) is 0 Å². The number of aromatic nitrogens is 1. The molecule has 9 rings (SSSR count). The predicted octanol–water partition coefficient (Wildman–Crippen LogP) is 10.4. The summed E-state index contributed by atoms with van der Waals surface area (Å²) in [6.45, 7) is 0. The van der Waals surface area contributed by atoms with Crippen molar-refractivity contribution in [2.75, 3.05) is 10.6 Å². The zero-order valence-corrected chi connectivity index (χ0v) is 24.5. The Hall–Kier alpha value is -5.26. The summed E-state index contributed by atoms with van der Waals surface area (Å²) < 4.78 is 6.39. The van der Waals surface area contributed by atoms with Crippen LogP contribution in [-0.4, -0.2) is 4.98 Å². The van der Waals surface area contributed by atoms with Crippen LogP contribution in [0.2, 0.25) is 0 Å². The first-order chi connectivity index (χ1) is 21.8. The van der Waals surface area contributed by atoms with Crippen molar-refractivity contribution in [3.63, 3.8) is 0 Å². The summed E-state index contributed by atoms with van der Waals surface area (Å²) >= 11 is 1.87. The molecule has 210 valence electrons. The van der Waals surface area contributed by atoms with Gasteiger partial charge in [0.15, 0.2) is 6.23 Å². The van der Waals surface area contributed by atoms with Crippen LogP contribution in [0.15, 0.2) is 144 Å². The van der Waals surface area contributed by atoms with Gasteiger partial charge in [0.05, 0.1) is 16.9 Å². The van der Waals surface area contributed by atoms with Crippen molar-refractivity contribution in [3.05, 3.63) is 151 Å². The fraction of sp³-hybridized carbons (Fsp3) is 0.0513. The molecule has 5 heteroatoms. The number of anilines is 2. The van der Waals surface area contributed by atoms with Gasteiger partial charge in [-0.15, -0.1) is 0 Å². The van der Waals surface area contributed by atoms with E-state index in [2.05, 4.69) is 132 Å². The fourth-order valence-electron chi connectivity index (χ4n) is 6.39. The van der Waals surface area contributed by atoms with Gasteiger partial charge in [-0.3, -0.25) is 0 Å². The van der Waals surface area contributed by atoms with E-state index in [1.807, 2.05) is 30.0 Å². The van der Waals surface area contributed by atoms with Crippen LogP contribution in [0.5, 0.6) is 5.75 Å². The molecule has 4 nitrogen and oxygen atoms in total. The Morgan fingerprint density at radius 3 is 2.25 bits per heavy atom. The van der Waals surface area contributed by atoms with Crippen LogP contribution in [-0.2, 0) is 0 Å². The molecular formula is C39H27N3OS. The van der Waals surface area contributed by atoms with E-state index in [4.69, 9.17) is 9.72 Å². The van der Waals surface area contributed by atoms with Crippen LogP contribution in [0.4, 0.5) is 11.4 Å². The Bertz CT molecular complexity index is 2170. The molecule has 0 fully saturated rings. The number of para-hydroxylation sites is 2. The maximum absolute atomic E-state index is 6.39. The lowest BCUT2D eigenvalue weighted by Gasteiger charge is -2.14. The minimum Gasteiger partial charge on any atom is -0.464 e. The van der Waals surface area contributed by atoms with Gasteiger partial charge in [0.1, 0.15) is 11.1 Å². The van der Waals surface area contributed by atoms with Crippen LogP contribution in [0.25, 0.3) is 44.1 Å². The van der Waals surface area contributed by atoms with E-state index in [-0.39, 0.29) is 11.6 Å². The first-order valence-corrected chi connectivity index (χ1v) is 15.7. The molecule has 1 aromatic heterocycles. The van der Waals surface area contributed by atoms with Gasteiger partial charge in [-0.2, -0.15) is 0 Å². The molecule has 3 heterocycles. The van der Waals surface area contributed by atoms with Crippen molar-refractivity contribution in [2.45, 2.75) is 16.5 Å². The minimum atomic E-state index is -0.228. The Balaban J connectivity index is 1.09. The standard InChI is InChI=1S/C39H27N3OS/c1-2-9-26(10-3-1)38-42-37-33(43-38)22-21-30-35(37)29-13-4-5-14-31(29)40-36(30)25-19-17-24(18-20-25)27-11-8-12-28(23-27)39-41-32-15-6-7-16-34(32)44-39/h1-23,38-39,41-42H. The van der Waals surface area contributed by atoms with E-state index in [1.54, 1.807) is 0 Å². The lowest BCUT2D eigenvalue weighted by molar-refractivity contribution is 0.260. The summed E-state index contributed by atoms with van der Waals surface area (Å²) in [5, 5.41) is 10.9. The van der Waals surface area contributed by atoms with Gasteiger partial charge >= 0.3 is 0 Å². The Labute approximate surface area is 259 Å². The van der Waals surface area contributed by atoms with Crippen LogP contribution in [0.3, 0.4) is 0 Å². The molecule has 0 amide bonds. The van der Waals surface area contributed by atoms with E-state index < -0.39 is 0 Å². The van der Waals surface area contributed by atoms with Gasteiger partial charge in [0, 0.05) is 37.9 Å². The van der Waals surface area contributed by atoms with Crippen molar-refractivity contribution >= 4 is 44.8 Å². The molecule has 0 spiro atoms. The molecule has 0 aliphatic carbocycles. The quantitative estimate of drug-likeness (QED) is 0.201. The lowest BCUT2D eigenvalue weighted by Crippen LogP contribution is -2.09. The molecule has 0 saturated carbocycles. The number of nitrogens with zero attached hydrogens (tertiary/aromatic N) is 1. The van der Waals surface area contributed by atoms with Crippen molar-refractivity contribution in [1.29, 1.82) is 0 Å². The van der Waals surface area contributed by atoms with Crippen molar-refractivity contribution < 1.29 is 4.74 Å². The number of fused-ring (bicyclic) bond motifs is 6. The number of hydrogen-bond donors (Lipinski definition) is 2. The van der Waals surface area contributed by atoms with Crippen molar-refractivity contribution in [3.8, 4) is 28.1 Å². The first kappa shape index (κ1) is 25.3. The highest BCUT2D eigenvalue weighted by molar-refractivity contribution is 8.00. The molecule has 2 N–H and O–H groups in total. The monoisotopic (exact) mass is 585 g/mol. The molecule has 0 radical (unpaired) electrons. The number of rotatable bonds is 4. The topological polar surface area (TPSA) is 46.2 Å². The van der Waals surface area contributed by atoms with E-state index in [0.29, 0.717) is 0 Å². The van der Waals surface area contributed by atoms with Crippen LogP contribution in [0.1, 0.15) is 22.7 Å². The Kier molecular flexibility index (Phi) is 5.84. The summed E-state index contributed by atoms with van der Waals surface area (Å²) in [6.07, 6.45) is -0.228. The van der Waals surface area contributed by atoms with Gasteiger partial charge in [-0.1, -0.05) is 115 Å². The molecule has 6 aromatic carbocycles. The van der Waals surface area contributed by atoms with Crippen LogP contribution in [0, 0.1) is 0 Å². The Morgan fingerprint density at radius 2 is 1.36 bits per heavy atom. The van der Waals surface area contributed by atoms with Crippen molar-refractivity contribution in [2.24, 2.45) is 0 Å². The van der Waals surface area contributed by atoms with Gasteiger partial charge in [-0.05, 0) is 53.1 Å². The third kappa shape index (κ3) is 4.20. The lowest BCUT2D eigenvalue weighted by atomic mass is 9.96. The third-order valence-corrected chi connectivity index (χ3v) is 9.79. The Morgan fingerprint density at radius 1 is 0.591 bits per heavy atom. The number of ether oxygens (including phenoxy) is 1. The highest BCUT2D eigenvalue weighted by Crippen LogP contribution is 2.48. The molecule has 2 atom stereocenters. The minimum absolute atomic E-state index is 0.209.